The molecule has 4 rings (SSSR count). The van der Waals surface area contributed by atoms with Gasteiger partial charge in [0.25, 0.3) is 0 Å². The molecule has 0 radical (unpaired) electrons. The zero-order valence-electron chi connectivity index (χ0n) is 19.1. The molecule has 2 heterocycles. The molecular formula is C27H36ClN3O. The van der Waals surface area contributed by atoms with Gasteiger partial charge in [0.1, 0.15) is 0 Å². The number of carbonyl (C=O) groups is 1. The van der Waals surface area contributed by atoms with Crippen molar-refractivity contribution in [2.75, 3.05) is 26.2 Å². The summed E-state index contributed by atoms with van der Waals surface area (Å²) in [5.74, 6) is 0.325. The van der Waals surface area contributed by atoms with Crippen LogP contribution in [0.3, 0.4) is 0 Å². The summed E-state index contributed by atoms with van der Waals surface area (Å²) in [4.78, 5) is 17.8. The lowest BCUT2D eigenvalue weighted by molar-refractivity contribution is -0.126. The van der Waals surface area contributed by atoms with Crippen molar-refractivity contribution in [3.8, 4) is 0 Å². The number of hydrogen-bond donors (Lipinski definition) is 1. The van der Waals surface area contributed by atoms with E-state index in [9.17, 15) is 4.79 Å². The van der Waals surface area contributed by atoms with E-state index in [0.29, 0.717) is 6.54 Å². The molecule has 4 nitrogen and oxygen atoms in total. The number of nitrogens with one attached hydrogen (secondary N) is 1. The van der Waals surface area contributed by atoms with Gasteiger partial charge in [-0.2, -0.15) is 0 Å². The minimum Gasteiger partial charge on any atom is -0.352 e. The van der Waals surface area contributed by atoms with Crippen molar-refractivity contribution < 1.29 is 4.79 Å². The summed E-state index contributed by atoms with van der Waals surface area (Å²) in [5, 5.41) is 3.97. The molecule has 1 amide bonds. The Hall–Kier alpha value is -1.88. The number of halogens is 1. The molecular weight excluding hydrogens is 418 g/mol. The standard InChI is InChI=1S/C27H36ClN3O/c28-26-10-8-22(9-11-26)20-31-16-12-25(13-17-31)27(32)29-19-23-6-5-7-24(18-23)21-30-14-3-1-2-4-15-30/h5-11,18,25H,1-4,12-17,19-21H2,(H,29,32). The Labute approximate surface area is 197 Å². The molecule has 2 aromatic carbocycles. The molecule has 172 valence electrons. The predicted molar refractivity (Wildman–Crippen MR) is 131 cm³/mol. The number of hydrogen-bond acceptors (Lipinski definition) is 3. The van der Waals surface area contributed by atoms with Crippen molar-refractivity contribution in [2.45, 2.75) is 58.2 Å². The monoisotopic (exact) mass is 453 g/mol. The van der Waals surface area contributed by atoms with E-state index in [2.05, 4.69) is 51.5 Å². The van der Waals surface area contributed by atoms with Crippen LogP contribution in [0.1, 0.15) is 55.2 Å². The van der Waals surface area contributed by atoms with E-state index in [4.69, 9.17) is 11.6 Å². The van der Waals surface area contributed by atoms with Gasteiger partial charge in [-0.15, -0.1) is 0 Å². The van der Waals surface area contributed by atoms with E-state index in [0.717, 1.165) is 44.0 Å². The molecule has 0 spiro atoms. The van der Waals surface area contributed by atoms with Gasteiger partial charge >= 0.3 is 0 Å². The molecule has 2 aliphatic rings. The molecule has 0 atom stereocenters. The number of rotatable bonds is 7. The summed E-state index contributed by atoms with van der Waals surface area (Å²) >= 11 is 5.98. The van der Waals surface area contributed by atoms with E-state index in [1.54, 1.807) is 0 Å². The molecule has 32 heavy (non-hydrogen) atoms. The van der Waals surface area contributed by atoms with Crippen molar-refractivity contribution in [3.05, 3.63) is 70.2 Å². The van der Waals surface area contributed by atoms with Crippen LogP contribution in [-0.2, 0) is 24.4 Å². The zero-order valence-corrected chi connectivity index (χ0v) is 19.8. The summed E-state index contributed by atoms with van der Waals surface area (Å²) in [6.45, 7) is 6.91. The van der Waals surface area contributed by atoms with Crippen LogP contribution in [0.5, 0.6) is 0 Å². The van der Waals surface area contributed by atoms with Gasteiger partial charge in [0.15, 0.2) is 0 Å². The average molecular weight is 454 g/mol. The first-order valence-electron chi connectivity index (χ1n) is 12.2. The van der Waals surface area contributed by atoms with Crippen LogP contribution >= 0.6 is 11.6 Å². The van der Waals surface area contributed by atoms with Crippen molar-refractivity contribution in [1.82, 2.24) is 15.1 Å². The Morgan fingerprint density at radius 3 is 2.16 bits per heavy atom. The van der Waals surface area contributed by atoms with E-state index in [1.165, 1.54) is 55.5 Å². The molecule has 0 bridgehead atoms. The highest BCUT2D eigenvalue weighted by Gasteiger charge is 2.24. The fourth-order valence-corrected chi connectivity index (χ4v) is 5.05. The van der Waals surface area contributed by atoms with Gasteiger partial charge in [0.2, 0.25) is 5.91 Å². The third-order valence-electron chi connectivity index (χ3n) is 6.84. The summed E-state index contributed by atoms with van der Waals surface area (Å²) in [6, 6.07) is 16.8. The maximum absolute atomic E-state index is 12.8. The zero-order chi connectivity index (χ0) is 22.2. The molecule has 2 fully saturated rings. The maximum Gasteiger partial charge on any atom is 0.223 e. The van der Waals surface area contributed by atoms with Gasteiger partial charge in [-0.3, -0.25) is 14.6 Å². The lowest BCUT2D eigenvalue weighted by Crippen LogP contribution is -2.40. The largest absolute Gasteiger partial charge is 0.352 e. The number of benzene rings is 2. The smallest absolute Gasteiger partial charge is 0.223 e. The fraction of sp³-hybridized carbons (Fsp3) is 0.519. The summed E-state index contributed by atoms with van der Waals surface area (Å²) in [5.41, 5.74) is 3.83. The number of likely N-dealkylation sites (tertiary alicyclic amines) is 2. The van der Waals surface area contributed by atoms with Gasteiger partial charge in [-0.1, -0.05) is 60.8 Å². The third kappa shape index (κ3) is 7.06. The second kappa shape index (κ2) is 11.8. The molecule has 2 aliphatic heterocycles. The van der Waals surface area contributed by atoms with Gasteiger partial charge in [0, 0.05) is 30.6 Å². The van der Waals surface area contributed by atoms with Gasteiger partial charge < -0.3 is 5.32 Å². The predicted octanol–water partition coefficient (Wildman–Crippen LogP) is 5.24. The van der Waals surface area contributed by atoms with E-state index in [1.807, 2.05) is 12.1 Å². The lowest BCUT2D eigenvalue weighted by atomic mass is 9.95. The van der Waals surface area contributed by atoms with Crippen LogP contribution in [0.4, 0.5) is 0 Å². The molecule has 0 aliphatic carbocycles. The van der Waals surface area contributed by atoms with Crippen molar-refractivity contribution >= 4 is 17.5 Å². The second-order valence-electron chi connectivity index (χ2n) is 9.41. The normalized spacial score (nSPS) is 18.9. The van der Waals surface area contributed by atoms with Crippen LogP contribution in [0.2, 0.25) is 5.02 Å². The number of amides is 1. The van der Waals surface area contributed by atoms with Crippen molar-refractivity contribution in [2.24, 2.45) is 5.92 Å². The third-order valence-corrected chi connectivity index (χ3v) is 7.09. The van der Waals surface area contributed by atoms with Crippen LogP contribution in [0.15, 0.2) is 48.5 Å². The van der Waals surface area contributed by atoms with Gasteiger partial charge in [-0.05, 0) is 80.7 Å². The van der Waals surface area contributed by atoms with Crippen LogP contribution in [-0.4, -0.2) is 41.9 Å². The molecule has 0 saturated carbocycles. The quantitative estimate of drug-likeness (QED) is 0.622. The summed E-state index contributed by atoms with van der Waals surface area (Å²) < 4.78 is 0. The lowest BCUT2D eigenvalue weighted by Gasteiger charge is -2.31. The first-order valence-corrected chi connectivity index (χ1v) is 12.6. The molecule has 0 aromatic heterocycles. The van der Waals surface area contributed by atoms with E-state index in [-0.39, 0.29) is 11.8 Å². The Bertz CT molecular complexity index is 853. The van der Waals surface area contributed by atoms with Gasteiger partial charge in [0.05, 0.1) is 0 Å². The maximum atomic E-state index is 12.8. The highest BCUT2D eigenvalue weighted by molar-refractivity contribution is 6.30. The number of piperidine rings is 1. The second-order valence-corrected chi connectivity index (χ2v) is 9.84. The van der Waals surface area contributed by atoms with E-state index < -0.39 is 0 Å². The Balaban J connectivity index is 1.20. The van der Waals surface area contributed by atoms with Gasteiger partial charge in [-0.25, -0.2) is 0 Å². The Morgan fingerprint density at radius 1 is 0.812 bits per heavy atom. The first-order chi connectivity index (χ1) is 15.7. The van der Waals surface area contributed by atoms with Crippen molar-refractivity contribution in [3.63, 3.8) is 0 Å². The Morgan fingerprint density at radius 2 is 1.44 bits per heavy atom. The number of nitrogens with zero attached hydrogens (tertiary/aromatic N) is 2. The summed E-state index contributed by atoms with van der Waals surface area (Å²) in [7, 11) is 0. The molecule has 5 heteroatoms. The Kier molecular flexibility index (Phi) is 8.61. The average Bonchev–Trinajstić information content (AvgIpc) is 3.08. The summed E-state index contributed by atoms with van der Waals surface area (Å²) in [6.07, 6.45) is 7.20. The molecule has 2 saturated heterocycles. The molecule has 2 aromatic rings. The SMILES string of the molecule is O=C(NCc1cccc(CN2CCCCCC2)c1)C1CCN(Cc2ccc(Cl)cc2)CC1. The van der Waals surface area contributed by atoms with Crippen LogP contribution in [0, 0.1) is 5.92 Å². The fourth-order valence-electron chi connectivity index (χ4n) is 4.93. The topological polar surface area (TPSA) is 35.6 Å². The minimum atomic E-state index is 0.122. The molecule has 0 unspecified atom stereocenters. The number of carbonyl (C=O) groups excluding carboxylic acids is 1. The van der Waals surface area contributed by atoms with Crippen molar-refractivity contribution in [1.29, 1.82) is 0 Å². The highest BCUT2D eigenvalue weighted by Crippen LogP contribution is 2.20. The van der Waals surface area contributed by atoms with Crippen LogP contribution in [0.25, 0.3) is 0 Å². The minimum absolute atomic E-state index is 0.122. The highest BCUT2D eigenvalue weighted by atomic mass is 35.5. The molecule has 1 N–H and O–H groups in total. The van der Waals surface area contributed by atoms with Crippen LogP contribution < -0.4 is 5.32 Å². The van der Waals surface area contributed by atoms with E-state index >= 15 is 0 Å². The first kappa shape index (κ1) is 23.3.